The third-order valence-electron chi connectivity index (χ3n) is 8.83. The number of fused-ring (bicyclic) bond motifs is 1. The van der Waals surface area contributed by atoms with Crippen LogP contribution in [0.3, 0.4) is 0 Å². The Kier molecular flexibility index (Phi) is 13.6. The molecule has 1 saturated heterocycles. The van der Waals surface area contributed by atoms with Gasteiger partial charge in [0.1, 0.15) is 12.1 Å². The van der Waals surface area contributed by atoms with E-state index in [4.69, 9.17) is 5.11 Å². The first-order valence-corrected chi connectivity index (χ1v) is 17.7. The number of carbonyl (C=O) groups excluding carboxylic acids is 3. The lowest BCUT2D eigenvalue weighted by Crippen LogP contribution is -2.57. The summed E-state index contributed by atoms with van der Waals surface area (Å²) in [4.78, 5) is 50.7. The molecule has 0 bridgehead atoms. The number of likely N-dealkylation sites (tertiary alicyclic amines) is 1. The summed E-state index contributed by atoms with van der Waals surface area (Å²) in [6, 6.07) is 4.44. The van der Waals surface area contributed by atoms with Gasteiger partial charge in [-0.1, -0.05) is 64.0 Å². The fraction of sp³-hybridized carbons (Fsp3) is 0.636. The number of aliphatic carboxylic acids is 1. The highest BCUT2D eigenvalue weighted by Crippen LogP contribution is 2.32. The maximum atomic E-state index is 13.6. The van der Waals surface area contributed by atoms with Gasteiger partial charge in [0.15, 0.2) is 0 Å². The first-order valence-electron chi connectivity index (χ1n) is 16.3. The first kappa shape index (κ1) is 37.0. The second-order valence-electron chi connectivity index (χ2n) is 13.4. The number of benzene rings is 1. The number of rotatable bonds is 17. The zero-order chi connectivity index (χ0) is 33.9. The zero-order valence-corrected chi connectivity index (χ0v) is 28.4. The van der Waals surface area contributed by atoms with Gasteiger partial charge in [0, 0.05) is 31.7 Å². The lowest BCUT2D eigenvalue weighted by atomic mass is 9.86. The smallest absolute Gasteiger partial charge is 0.326 e. The molecule has 0 aliphatic carbocycles. The fourth-order valence-electron chi connectivity index (χ4n) is 5.93. The van der Waals surface area contributed by atoms with Crippen molar-refractivity contribution in [2.45, 2.75) is 121 Å². The lowest BCUT2D eigenvalue weighted by Gasteiger charge is -2.35. The van der Waals surface area contributed by atoms with Gasteiger partial charge in [-0.15, -0.1) is 0 Å². The highest BCUT2D eigenvalue weighted by molar-refractivity contribution is 7.89. The number of hydrogen-bond acceptors (Lipinski definition) is 6. The van der Waals surface area contributed by atoms with Gasteiger partial charge in [0.2, 0.25) is 22.3 Å². The van der Waals surface area contributed by atoms with Crippen LogP contribution in [-0.4, -0.2) is 84.3 Å². The molecule has 1 aromatic rings. The SMILES string of the molecule is CC1CCCN1C(=O)[C@H](CCCCC/C=C\CC[C@H](NC=O)C(=O)O)NC(=O)NC(CN1Cc2ccccc2S1(=O)=O)C(C)(C)C. The van der Waals surface area contributed by atoms with E-state index in [0.29, 0.717) is 37.1 Å². The Morgan fingerprint density at radius 3 is 2.37 bits per heavy atom. The molecule has 0 radical (unpaired) electrons. The van der Waals surface area contributed by atoms with E-state index in [-0.39, 0.29) is 25.0 Å². The number of sulfonamides is 1. The Labute approximate surface area is 273 Å². The van der Waals surface area contributed by atoms with Crippen molar-refractivity contribution >= 4 is 34.3 Å². The molecule has 1 aromatic carbocycles. The predicted molar refractivity (Wildman–Crippen MR) is 175 cm³/mol. The van der Waals surface area contributed by atoms with E-state index in [9.17, 15) is 27.6 Å². The van der Waals surface area contributed by atoms with Gasteiger partial charge < -0.3 is 26.0 Å². The van der Waals surface area contributed by atoms with Gasteiger partial charge in [-0.3, -0.25) is 9.59 Å². The summed E-state index contributed by atoms with van der Waals surface area (Å²) in [7, 11) is -3.67. The van der Waals surface area contributed by atoms with Crippen LogP contribution in [0.2, 0.25) is 0 Å². The molecule has 0 aromatic heterocycles. The summed E-state index contributed by atoms with van der Waals surface area (Å²) in [5.74, 6) is -1.16. The number of urea groups is 1. The lowest BCUT2D eigenvalue weighted by molar-refractivity contribution is -0.140. The molecule has 1 fully saturated rings. The Morgan fingerprint density at radius 2 is 1.74 bits per heavy atom. The molecule has 2 heterocycles. The number of unbranched alkanes of at least 4 members (excludes halogenated alkanes) is 3. The van der Waals surface area contributed by atoms with Gasteiger partial charge in [-0.2, -0.15) is 4.31 Å². The number of nitrogens with zero attached hydrogens (tertiary/aromatic N) is 2. The molecule has 0 spiro atoms. The molecule has 0 saturated carbocycles. The number of nitrogens with one attached hydrogen (secondary N) is 3. The molecule has 13 heteroatoms. The van der Waals surface area contributed by atoms with E-state index in [0.717, 1.165) is 44.1 Å². The Morgan fingerprint density at radius 1 is 1.02 bits per heavy atom. The standard InChI is InChI=1S/C33H51N5O7S/c1-24-15-14-20-38(24)30(40)26(17-10-8-6-5-7-9-11-18-27(31(41)42)34-23-39)35-32(43)36-29(33(2,3)4)22-37-21-25-16-12-13-19-28(25)46(37,44)45/h7,9,12-13,16,19,23-24,26-27,29H,5-6,8,10-11,14-15,17-18,20-22H2,1-4H3,(H,34,39)(H,41,42)(H2,35,36,43)/b9-7-/t24?,26-,27-,29?/m0/s1. The molecule has 256 valence electrons. The zero-order valence-electron chi connectivity index (χ0n) is 27.5. The number of carboxylic acid groups (broad SMARTS) is 1. The van der Waals surface area contributed by atoms with Crippen molar-refractivity contribution in [2.24, 2.45) is 5.41 Å². The Hall–Kier alpha value is -3.45. The van der Waals surface area contributed by atoms with Crippen LogP contribution >= 0.6 is 0 Å². The molecule has 12 nitrogen and oxygen atoms in total. The minimum absolute atomic E-state index is 0.0955. The molecular weight excluding hydrogens is 610 g/mol. The summed E-state index contributed by atoms with van der Waals surface area (Å²) in [5, 5.41) is 17.3. The molecular formula is C33H51N5O7S. The third kappa shape index (κ3) is 10.3. The topological polar surface area (TPSA) is 165 Å². The van der Waals surface area contributed by atoms with E-state index < -0.39 is 45.6 Å². The van der Waals surface area contributed by atoms with Crippen LogP contribution in [0.25, 0.3) is 0 Å². The van der Waals surface area contributed by atoms with Gasteiger partial charge in [-0.25, -0.2) is 18.0 Å². The molecule has 46 heavy (non-hydrogen) atoms. The average molecular weight is 662 g/mol. The number of allylic oxidation sites excluding steroid dienone is 2. The largest absolute Gasteiger partial charge is 0.480 e. The third-order valence-corrected chi connectivity index (χ3v) is 10.7. The van der Waals surface area contributed by atoms with E-state index >= 15 is 0 Å². The summed E-state index contributed by atoms with van der Waals surface area (Å²) >= 11 is 0. The van der Waals surface area contributed by atoms with Gasteiger partial charge in [0.05, 0.1) is 4.90 Å². The minimum Gasteiger partial charge on any atom is -0.480 e. The predicted octanol–water partition coefficient (Wildman–Crippen LogP) is 3.77. The second kappa shape index (κ2) is 16.9. The Bertz CT molecular complexity index is 1340. The quantitative estimate of drug-likeness (QED) is 0.112. The molecule has 4 N–H and O–H groups in total. The van der Waals surface area contributed by atoms with Gasteiger partial charge in [-0.05, 0) is 68.9 Å². The van der Waals surface area contributed by atoms with Crippen molar-refractivity contribution < 1.29 is 32.7 Å². The van der Waals surface area contributed by atoms with Crippen LogP contribution in [-0.2, 0) is 31.0 Å². The van der Waals surface area contributed by atoms with Gasteiger partial charge >= 0.3 is 12.0 Å². The molecule has 4 atom stereocenters. The van der Waals surface area contributed by atoms with E-state index in [1.54, 1.807) is 18.2 Å². The minimum atomic E-state index is -3.67. The van der Waals surface area contributed by atoms with Crippen LogP contribution in [0.4, 0.5) is 4.79 Å². The maximum absolute atomic E-state index is 13.6. The molecule has 3 rings (SSSR count). The first-order chi connectivity index (χ1) is 21.8. The Balaban J connectivity index is 1.56. The maximum Gasteiger partial charge on any atom is 0.326 e. The van der Waals surface area contributed by atoms with Crippen LogP contribution in [0.5, 0.6) is 0 Å². The monoisotopic (exact) mass is 661 g/mol. The highest BCUT2D eigenvalue weighted by atomic mass is 32.2. The summed E-state index contributed by atoms with van der Waals surface area (Å²) < 4.78 is 27.8. The van der Waals surface area contributed by atoms with E-state index in [2.05, 4.69) is 16.0 Å². The summed E-state index contributed by atoms with van der Waals surface area (Å²) in [6.45, 7) is 8.88. The number of carboxylic acids is 1. The average Bonchev–Trinajstić information content (AvgIpc) is 3.53. The fourth-order valence-corrected chi connectivity index (χ4v) is 7.57. The van der Waals surface area contributed by atoms with Crippen molar-refractivity contribution in [1.82, 2.24) is 25.2 Å². The second-order valence-corrected chi connectivity index (χ2v) is 15.3. The summed E-state index contributed by atoms with van der Waals surface area (Å²) in [6.07, 6.45) is 10.7. The van der Waals surface area contributed by atoms with Crippen molar-refractivity contribution in [3.63, 3.8) is 0 Å². The van der Waals surface area contributed by atoms with Crippen molar-refractivity contribution in [3.8, 4) is 0 Å². The van der Waals surface area contributed by atoms with E-state index in [1.807, 2.05) is 50.8 Å². The van der Waals surface area contributed by atoms with Crippen LogP contribution in [0.15, 0.2) is 41.3 Å². The van der Waals surface area contributed by atoms with E-state index in [1.165, 1.54) is 4.31 Å². The highest BCUT2D eigenvalue weighted by Gasteiger charge is 2.39. The summed E-state index contributed by atoms with van der Waals surface area (Å²) in [5.41, 5.74) is 0.275. The number of carbonyl (C=O) groups is 4. The van der Waals surface area contributed by atoms with Crippen LogP contribution in [0, 0.1) is 5.41 Å². The van der Waals surface area contributed by atoms with Crippen molar-refractivity contribution in [1.29, 1.82) is 0 Å². The number of hydrogen-bond donors (Lipinski definition) is 4. The van der Waals surface area contributed by atoms with Gasteiger partial charge in [0.25, 0.3) is 0 Å². The van der Waals surface area contributed by atoms with Crippen LogP contribution in [0.1, 0.15) is 91.0 Å². The molecule has 2 unspecified atom stereocenters. The van der Waals surface area contributed by atoms with Crippen molar-refractivity contribution in [3.05, 3.63) is 42.0 Å². The normalized spacial score (nSPS) is 19.7. The van der Waals surface area contributed by atoms with Crippen LogP contribution < -0.4 is 16.0 Å². The molecule has 2 aliphatic heterocycles. The molecule has 2 aliphatic rings. The molecule has 4 amide bonds. The van der Waals surface area contributed by atoms with Crippen molar-refractivity contribution in [2.75, 3.05) is 13.1 Å². The number of amides is 4.